The molecule has 2 N–H and O–H groups in total. The first-order valence-electron chi connectivity index (χ1n) is 23.1. The van der Waals surface area contributed by atoms with Crippen LogP contribution in [-0.2, 0) is 72.1 Å². The van der Waals surface area contributed by atoms with Gasteiger partial charge in [0.25, 0.3) is 0 Å². The second-order valence-corrected chi connectivity index (χ2v) is 26.1. The Balaban J connectivity index is 0.000000158. The van der Waals surface area contributed by atoms with Crippen LogP contribution in [0.15, 0.2) is 86.8 Å². The van der Waals surface area contributed by atoms with Crippen molar-refractivity contribution in [1.82, 2.24) is 0 Å². The molecule has 3 fully saturated rings. The van der Waals surface area contributed by atoms with Gasteiger partial charge in [-0.1, -0.05) is 0 Å². The van der Waals surface area contributed by atoms with E-state index in [9.17, 15) is 38.4 Å². The van der Waals surface area contributed by atoms with E-state index in [0.29, 0.717) is 43.8 Å². The Morgan fingerprint density at radius 1 is 0.676 bits per heavy atom. The zero-order valence-corrected chi connectivity index (χ0v) is 45.1. The van der Waals surface area contributed by atoms with Crippen LogP contribution >= 0.6 is 18.3 Å². The molecule has 404 valence electrons. The van der Waals surface area contributed by atoms with Crippen LogP contribution in [0.25, 0.3) is 18.2 Å². The molecule has 11 rings (SSSR count). The summed E-state index contributed by atoms with van der Waals surface area (Å²) in [6, 6.07) is 10.8. The molecule has 3 atom stereocenters. The van der Waals surface area contributed by atoms with Crippen molar-refractivity contribution < 1.29 is 118 Å². The number of benzene rings is 1. The fraction of sp³-hybridized carbons (Fsp3) is 0.373. The van der Waals surface area contributed by atoms with Gasteiger partial charge >= 0.3 is 159 Å². The predicted octanol–water partition coefficient (Wildman–Crippen LogP) is 8.06. The maximum atomic E-state index is 11.9. The Hall–Kier alpha value is -5.79. The molecule has 0 bridgehead atoms. The average Bonchev–Trinajstić information content (AvgIpc) is 3.60. The van der Waals surface area contributed by atoms with E-state index in [1.54, 1.807) is 57.4 Å². The van der Waals surface area contributed by atoms with Crippen LogP contribution in [0.1, 0.15) is 145 Å². The van der Waals surface area contributed by atoms with Crippen molar-refractivity contribution >= 4 is 66.7 Å². The summed E-state index contributed by atoms with van der Waals surface area (Å²) in [5.41, 5.74) is 3.38. The van der Waals surface area contributed by atoms with Gasteiger partial charge in [0.05, 0.1) is 0 Å². The van der Waals surface area contributed by atoms with Crippen LogP contribution in [0.2, 0.25) is 0 Å². The first-order valence-corrected chi connectivity index (χ1v) is 29.6. The van der Waals surface area contributed by atoms with Crippen molar-refractivity contribution in [2.45, 2.75) is 116 Å². The van der Waals surface area contributed by atoms with Crippen molar-refractivity contribution in [2.24, 2.45) is 0 Å². The standard InChI is InChI=1S/C13H12O5.C13H14O4.C13H12O4.C12H13IO6.2Ag.O/c14-12(15)11-6-10-8(13(16)18-11)5-7-3-1-2-4-9(7)17-10;2*14-7-9-6-12-10(13(15)16-9)5-8-3-1-2-4-11(8)17-12;1-8(14)17-13(3,18-9(2)15)11-7-5-4-6-10(11)12(16)19-13;;;/h5-6,9H,1-4H2,(H,14,15);5-6,11,14H,1-4,7H2;5-7,11H,1-4H2;4-7H,1-3H3;;;/t9-;2*11-;;;;/m000..../s1. The number of ether oxygens (including phenoxy) is 3. The van der Waals surface area contributed by atoms with Gasteiger partial charge in [-0.25, -0.2) is 19.2 Å². The van der Waals surface area contributed by atoms with Crippen LogP contribution in [0.3, 0.4) is 0 Å². The van der Waals surface area contributed by atoms with Gasteiger partial charge < -0.3 is 37.7 Å². The van der Waals surface area contributed by atoms with Crippen LogP contribution in [0, 0.1) is 3.57 Å². The molecule has 0 unspecified atom stereocenters. The first-order chi connectivity index (χ1) is 34.9. The van der Waals surface area contributed by atoms with E-state index in [0.717, 1.165) is 88.2 Å². The number of alkyl halides is 1. The Morgan fingerprint density at radius 2 is 1.12 bits per heavy atom. The number of aldehydes is 1. The zero-order valence-electron chi connectivity index (χ0n) is 40.0. The molecule has 0 amide bonds. The third kappa shape index (κ3) is 12.8. The van der Waals surface area contributed by atoms with Crippen molar-refractivity contribution in [1.29, 1.82) is 0 Å². The van der Waals surface area contributed by atoms with E-state index in [1.807, 2.05) is 12.2 Å². The number of aromatic carboxylic acids is 1. The average molecular weight is 1330 g/mol. The normalized spacial score (nSPS) is 20.6. The Morgan fingerprint density at radius 3 is 1.58 bits per heavy atom. The molecule has 7 aliphatic rings. The summed E-state index contributed by atoms with van der Waals surface area (Å²) in [7, 11) is 0. The number of rotatable bonds is 5. The second kappa shape index (κ2) is 24.7. The molecule has 74 heavy (non-hydrogen) atoms. The van der Waals surface area contributed by atoms with Gasteiger partial charge in [-0.3, -0.25) is 4.79 Å². The summed E-state index contributed by atoms with van der Waals surface area (Å²) in [5, 5.41) is 17.8. The van der Waals surface area contributed by atoms with Gasteiger partial charge in [0.2, 0.25) is 5.76 Å². The molecule has 0 spiro atoms. The summed E-state index contributed by atoms with van der Waals surface area (Å²) < 4.78 is 56.1. The number of carbonyl (C=O) groups excluding carboxylic acids is 4. The Bertz CT molecular complexity index is 3100. The third-order valence-electron chi connectivity index (χ3n) is 12.4. The number of fused-ring (bicyclic) bond motifs is 7. The maximum absolute atomic E-state index is 11.9. The van der Waals surface area contributed by atoms with Gasteiger partial charge in [0.15, 0.2) is 12.0 Å². The number of halogens is 1. The summed E-state index contributed by atoms with van der Waals surface area (Å²) in [4.78, 5) is 92.5. The number of carbonyl (C=O) groups is 5. The van der Waals surface area contributed by atoms with E-state index in [2.05, 4.69) is 0 Å². The summed E-state index contributed by atoms with van der Waals surface area (Å²) in [6.45, 7) is 2.07. The summed E-state index contributed by atoms with van der Waals surface area (Å²) in [6.07, 6.45) is 18.8. The summed E-state index contributed by atoms with van der Waals surface area (Å²) >= 11 is -3.31. The molecule has 3 saturated carbocycles. The van der Waals surface area contributed by atoms with Gasteiger partial charge in [-0.05, 0) is 112 Å². The van der Waals surface area contributed by atoms with Crippen LogP contribution < -0.4 is 31.1 Å². The molecule has 3 aliphatic carbocycles. The van der Waals surface area contributed by atoms with E-state index in [4.69, 9.17) is 50.1 Å². The van der Waals surface area contributed by atoms with Crippen molar-refractivity contribution in [3.8, 4) is 17.2 Å². The SMILES string of the molecule is CC(=O)OI1(C)(OC(C)=O)OC(=O)c2ccccc21.O=C(O)c1cc2c(c(=O)o1)C=C1CCCC[C@@H]1O2.O=Cc1cc2c(c(=O)o1)C=C1CCCC[C@@H]1O2.O=c1oc(CO)cc2c1C=C1CCCC[C@@H]1O2.[Ag].[O]=[Ag]. The van der Waals surface area contributed by atoms with E-state index < -0.39 is 59.0 Å². The molecule has 7 heterocycles. The fourth-order valence-electron chi connectivity index (χ4n) is 9.24. The number of aliphatic hydroxyl groups excluding tert-OH is 1. The zero-order chi connectivity index (χ0) is 52.6. The van der Waals surface area contributed by atoms with Gasteiger partial charge in [-0.2, -0.15) is 0 Å². The minimum atomic E-state index is -5.01. The van der Waals surface area contributed by atoms with Crippen molar-refractivity contribution in [2.75, 3.05) is 4.93 Å². The number of carboxylic acids is 1. The van der Waals surface area contributed by atoms with Crippen molar-refractivity contribution in [3.63, 3.8) is 0 Å². The van der Waals surface area contributed by atoms with Crippen LogP contribution in [-0.4, -0.2) is 63.6 Å². The topological polar surface area (TPSA) is 289 Å². The third-order valence-corrected chi connectivity index (χ3v) is 20.6. The monoisotopic (exact) mass is 1320 g/mol. The quantitative estimate of drug-likeness (QED) is 0.0826. The number of hydrogen-bond donors (Lipinski definition) is 2. The molecule has 4 aromatic rings. The molecule has 23 heteroatoms. The fourth-order valence-corrected chi connectivity index (χ4v) is 17.0. The molecule has 20 nitrogen and oxygen atoms in total. The van der Waals surface area contributed by atoms with E-state index in [-0.39, 0.29) is 70.1 Å². The first kappa shape index (κ1) is 57.5. The van der Waals surface area contributed by atoms with E-state index >= 15 is 0 Å². The van der Waals surface area contributed by atoms with Crippen molar-refractivity contribution in [3.05, 3.63) is 134 Å². The van der Waals surface area contributed by atoms with Crippen LogP contribution in [0.4, 0.5) is 0 Å². The molecule has 4 aliphatic heterocycles. The molecular weight excluding hydrogens is 1280 g/mol. The van der Waals surface area contributed by atoms with Gasteiger partial charge in [-0.15, -0.1) is 0 Å². The Kier molecular flexibility index (Phi) is 19.2. The molecule has 1 radical (unpaired) electrons. The number of hydrogen-bond acceptors (Lipinski definition) is 19. The van der Waals surface area contributed by atoms with Crippen LogP contribution in [0.5, 0.6) is 17.2 Å². The number of aliphatic hydroxyl groups is 1. The molecule has 1 aromatic carbocycles. The van der Waals surface area contributed by atoms with Gasteiger partial charge in [0, 0.05) is 40.6 Å². The predicted molar refractivity (Wildman–Crippen MR) is 261 cm³/mol. The molecule has 0 saturated heterocycles. The second-order valence-electron chi connectivity index (χ2n) is 17.5. The van der Waals surface area contributed by atoms with E-state index in [1.165, 1.54) is 36.5 Å². The molecule has 3 aromatic heterocycles. The Labute approximate surface area is 452 Å². The number of carboxylic acid groups (broad SMARTS) is 1. The molecular formula is C51H51Ag2IO20. The summed E-state index contributed by atoms with van der Waals surface area (Å²) in [5.74, 6) is -2.02. The van der Waals surface area contributed by atoms with Gasteiger partial charge in [0.1, 0.15) is 64.6 Å². The minimum absolute atomic E-state index is 0.